The molecule has 1 rings (SSSR count). The summed E-state index contributed by atoms with van der Waals surface area (Å²) in [5.41, 5.74) is 4.94. The topological polar surface area (TPSA) is 55.6 Å². The monoisotopic (exact) mass is 272 g/mol. The highest BCUT2D eigenvalue weighted by Crippen LogP contribution is 2.32. The van der Waals surface area contributed by atoms with Gasteiger partial charge in [-0.1, -0.05) is 26.1 Å². The lowest BCUT2D eigenvalue weighted by atomic mass is 9.80. The minimum absolute atomic E-state index is 0.0671. The van der Waals surface area contributed by atoms with Crippen LogP contribution in [0.4, 0.5) is 0 Å². The number of amides is 1. The van der Waals surface area contributed by atoms with Gasteiger partial charge in [-0.2, -0.15) is 0 Å². The maximum absolute atomic E-state index is 12.4. The zero-order chi connectivity index (χ0) is 14.0. The molecule has 0 spiro atoms. The summed E-state index contributed by atoms with van der Waals surface area (Å²) in [5.74, 6) is 0.0671. The Labute approximate surface area is 115 Å². The van der Waals surface area contributed by atoms with Crippen molar-refractivity contribution < 1.29 is 9.53 Å². The van der Waals surface area contributed by atoms with Gasteiger partial charge in [0.2, 0.25) is 0 Å². The molecule has 1 heterocycles. The Morgan fingerprint density at radius 2 is 2.00 bits per heavy atom. The second-order valence-corrected chi connectivity index (χ2v) is 5.95. The fraction of sp³-hybridized carbons (Fsp3) is 0.846. The first-order chi connectivity index (χ1) is 8.29. The lowest BCUT2D eigenvalue weighted by molar-refractivity contribution is -0.155. The van der Waals surface area contributed by atoms with Gasteiger partial charge in [-0.05, 0) is 26.2 Å². The molecular formula is C13H24N2O2S. The zero-order valence-electron chi connectivity index (χ0n) is 11.8. The predicted molar refractivity (Wildman–Crippen MR) is 76.4 cm³/mol. The van der Waals surface area contributed by atoms with Gasteiger partial charge in [-0.25, -0.2) is 0 Å². The quantitative estimate of drug-likeness (QED) is 0.792. The zero-order valence-corrected chi connectivity index (χ0v) is 12.6. The Balaban J connectivity index is 2.69. The number of nitrogens with zero attached hydrogens (tertiary/aromatic N) is 1. The predicted octanol–water partition coefficient (Wildman–Crippen LogP) is 1.72. The average molecular weight is 272 g/mol. The molecule has 0 aromatic heterocycles. The van der Waals surface area contributed by atoms with Crippen LogP contribution in [0.25, 0.3) is 0 Å². The van der Waals surface area contributed by atoms with Crippen molar-refractivity contribution in [3.63, 3.8) is 0 Å². The first-order valence-electron chi connectivity index (χ1n) is 6.43. The number of carbonyl (C=O) groups excluding carboxylic acids is 1. The van der Waals surface area contributed by atoms with Gasteiger partial charge in [0.15, 0.2) is 0 Å². The maximum Gasteiger partial charge on any atom is 0.254 e. The van der Waals surface area contributed by atoms with E-state index in [1.807, 2.05) is 18.7 Å². The molecule has 0 aromatic rings. The standard InChI is InChI=1S/C13H24N2O2S/c1-5-13(3,17-4)11(16)15-8-6-12(2,7-9-15)10(14)18/h5-9H2,1-4H3,(H2,14,18). The molecule has 1 unspecified atom stereocenters. The average Bonchev–Trinajstić information content (AvgIpc) is 2.37. The van der Waals surface area contributed by atoms with Gasteiger partial charge in [0.05, 0.1) is 4.99 Å². The van der Waals surface area contributed by atoms with Gasteiger partial charge >= 0.3 is 0 Å². The van der Waals surface area contributed by atoms with Crippen LogP contribution in [0, 0.1) is 5.41 Å². The van der Waals surface area contributed by atoms with E-state index >= 15 is 0 Å². The number of likely N-dealkylation sites (tertiary alicyclic amines) is 1. The minimum Gasteiger partial charge on any atom is -0.393 e. The summed E-state index contributed by atoms with van der Waals surface area (Å²) in [4.78, 5) is 14.8. The van der Waals surface area contributed by atoms with E-state index in [1.165, 1.54) is 0 Å². The number of piperidine rings is 1. The molecule has 1 saturated heterocycles. The first kappa shape index (κ1) is 15.4. The molecule has 0 aliphatic carbocycles. The van der Waals surface area contributed by atoms with Crippen LogP contribution >= 0.6 is 12.2 Å². The lowest BCUT2D eigenvalue weighted by Gasteiger charge is -2.41. The maximum atomic E-state index is 12.4. The molecule has 0 saturated carbocycles. The van der Waals surface area contributed by atoms with Crippen LogP contribution in [0.1, 0.15) is 40.0 Å². The number of carbonyl (C=O) groups is 1. The van der Waals surface area contributed by atoms with Gasteiger partial charge < -0.3 is 15.4 Å². The van der Waals surface area contributed by atoms with Gasteiger partial charge in [0.25, 0.3) is 5.91 Å². The van der Waals surface area contributed by atoms with Crippen LogP contribution in [0.2, 0.25) is 0 Å². The van der Waals surface area contributed by atoms with E-state index in [0.717, 1.165) is 12.8 Å². The number of methoxy groups -OCH3 is 1. The molecule has 5 heteroatoms. The van der Waals surface area contributed by atoms with Crippen molar-refractivity contribution in [2.75, 3.05) is 20.2 Å². The van der Waals surface area contributed by atoms with Crippen LogP contribution in [0.3, 0.4) is 0 Å². The molecule has 1 amide bonds. The van der Waals surface area contributed by atoms with E-state index in [4.69, 9.17) is 22.7 Å². The summed E-state index contributed by atoms with van der Waals surface area (Å²) in [6.07, 6.45) is 2.33. The van der Waals surface area contributed by atoms with E-state index < -0.39 is 5.60 Å². The number of thiocarbonyl (C=S) groups is 1. The number of nitrogens with two attached hydrogens (primary N) is 1. The fourth-order valence-corrected chi connectivity index (χ4v) is 2.37. The molecule has 0 radical (unpaired) electrons. The van der Waals surface area contributed by atoms with Gasteiger partial charge in [-0.3, -0.25) is 4.79 Å². The Bertz CT molecular complexity index is 332. The normalized spacial score (nSPS) is 22.3. The summed E-state index contributed by atoms with van der Waals surface area (Å²) < 4.78 is 5.36. The van der Waals surface area contributed by atoms with E-state index in [1.54, 1.807) is 7.11 Å². The molecule has 1 fully saturated rings. The third-order valence-electron chi connectivity index (χ3n) is 4.33. The second kappa shape index (κ2) is 5.53. The minimum atomic E-state index is -0.711. The van der Waals surface area contributed by atoms with Crippen molar-refractivity contribution in [2.24, 2.45) is 11.1 Å². The van der Waals surface area contributed by atoms with Gasteiger partial charge in [-0.15, -0.1) is 0 Å². The Morgan fingerprint density at radius 1 is 1.50 bits per heavy atom. The fourth-order valence-electron chi connectivity index (χ4n) is 2.17. The number of hydrogen-bond acceptors (Lipinski definition) is 3. The molecule has 4 nitrogen and oxygen atoms in total. The Morgan fingerprint density at radius 3 is 2.33 bits per heavy atom. The van der Waals surface area contributed by atoms with Crippen molar-refractivity contribution in [1.29, 1.82) is 0 Å². The third kappa shape index (κ3) is 2.83. The van der Waals surface area contributed by atoms with Crippen molar-refractivity contribution in [3.8, 4) is 0 Å². The summed E-state index contributed by atoms with van der Waals surface area (Å²) in [5, 5.41) is 0. The van der Waals surface area contributed by atoms with Crippen molar-refractivity contribution in [2.45, 2.75) is 45.6 Å². The Hall–Kier alpha value is -0.680. The van der Waals surface area contributed by atoms with Gasteiger partial charge in [0, 0.05) is 25.6 Å². The lowest BCUT2D eigenvalue weighted by Crippen LogP contribution is -2.53. The molecule has 1 aliphatic heterocycles. The molecule has 0 bridgehead atoms. The number of hydrogen-bond donors (Lipinski definition) is 1. The summed E-state index contributed by atoms with van der Waals surface area (Å²) in [7, 11) is 1.59. The third-order valence-corrected chi connectivity index (χ3v) is 4.82. The molecule has 0 aromatic carbocycles. The molecule has 18 heavy (non-hydrogen) atoms. The highest BCUT2D eigenvalue weighted by Gasteiger charge is 2.40. The van der Waals surface area contributed by atoms with Crippen molar-refractivity contribution in [1.82, 2.24) is 4.90 Å². The molecule has 1 atom stereocenters. The summed E-state index contributed by atoms with van der Waals surface area (Å²) in [6, 6.07) is 0. The first-order valence-corrected chi connectivity index (χ1v) is 6.84. The van der Waals surface area contributed by atoms with Crippen LogP contribution < -0.4 is 5.73 Å². The summed E-state index contributed by atoms with van der Waals surface area (Å²) in [6.45, 7) is 7.28. The van der Waals surface area contributed by atoms with E-state index in [0.29, 0.717) is 24.5 Å². The second-order valence-electron chi connectivity index (χ2n) is 5.51. The Kier molecular flexibility index (Phi) is 4.72. The molecule has 1 aliphatic rings. The summed E-state index contributed by atoms with van der Waals surface area (Å²) >= 11 is 5.10. The largest absolute Gasteiger partial charge is 0.393 e. The molecular weight excluding hydrogens is 248 g/mol. The number of ether oxygens (including phenoxy) is 1. The van der Waals surface area contributed by atoms with E-state index in [2.05, 4.69) is 6.92 Å². The smallest absolute Gasteiger partial charge is 0.254 e. The van der Waals surface area contributed by atoms with Crippen molar-refractivity contribution >= 4 is 23.1 Å². The van der Waals surface area contributed by atoms with Crippen LogP contribution in [0.15, 0.2) is 0 Å². The highest BCUT2D eigenvalue weighted by molar-refractivity contribution is 7.80. The molecule has 2 N–H and O–H groups in total. The molecule has 104 valence electrons. The van der Waals surface area contributed by atoms with Crippen LogP contribution in [-0.2, 0) is 9.53 Å². The SMILES string of the molecule is CCC(C)(OC)C(=O)N1CCC(C)(C(N)=S)CC1. The van der Waals surface area contributed by atoms with E-state index in [-0.39, 0.29) is 11.3 Å². The van der Waals surface area contributed by atoms with Gasteiger partial charge in [0.1, 0.15) is 5.60 Å². The van der Waals surface area contributed by atoms with Crippen LogP contribution in [0.5, 0.6) is 0 Å². The van der Waals surface area contributed by atoms with E-state index in [9.17, 15) is 4.79 Å². The highest BCUT2D eigenvalue weighted by atomic mass is 32.1. The number of rotatable bonds is 4. The van der Waals surface area contributed by atoms with Crippen LogP contribution in [-0.4, -0.2) is 41.6 Å². The van der Waals surface area contributed by atoms with Crippen molar-refractivity contribution in [3.05, 3.63) is 0 Å².